The summed E-state index contributed by atoms with van der Waals surface area (Å²) in [6, 6.07) is 55.9. The summed E-state index contributed by atoms with van der Waals surface area (Å²) in [7, 11) is 0. The van der Waals surface area contributed by atoms with Gasteiger partial charge in [-0.1, -0.05) is 130 Å². The number of pyridine rings is 1. The summed E-state index contributed by atoms with van der Waals surface area (Å²) in [5.41, 5.74) is 12.8. The molecule has 3 aromatic heterocycles. The zero-order valence-corrected chi connectivity index (χ0v) is 37.9. The number of fused-ring (bicyclic) bond motifs is 4. The number of rotatable bonds is 7. The first-order valence-electron chi connectivity index (χ1n) is 22.4. The number of para-hydroxylation sites is 2. The number of hydrogen-bond donors (Lipinski definition) is 0. The summed E-state index contributed by atoms with van der Waals surface area (Å²) >= 11 is 0. The molecule has 0 N–H and O–H groups in total. The van der Waals surface area contributed by atoms with Gasteiger partial charge < -0.3 is 14.0 Å². The summed E-state index contributed by atoms with van der Waals surface area (Å²) in [5.74, 6) is 1.16. The fourth-order valence-corrected chi connectivity index (χ4v) is 8.08. The Hall–Kier alpha value is -6.60. The number of aromatic nitrogens is 3. The third kappa shape index (κ3) is 8.68. The quantitative estimate of drug-likeness (QED) is 0.149. The van der Waals surface area contributed by atoms with Crippen LogP contribution in [0.3, 0.4) is 0 Å². The van der Waals surface area contributed by atoms with E-state index in [-0.39, 0.29) is 37.5 Å². The van der Waals surface area contributed by atoms with Gasteiger partial charge in [0.2, 0.25) is 0 Å². The van der Waals surface area contributed by atoms with E-state index < -0.39 is 18.6 Å². The maximum absolute atomic E-state index is 12.3. The third-order valence-corrected chi connectivity index (χ3v) is 11.3. The average molecular weight is 1030 g/mol. The molecule has 1 radical (unpaired) electrons. The van der Waals surface area contributed by atoms with E-state index in [1.54, 1.807) is 36.5 Å². The number of nitrogens with zero attached hydrogens (tertiary/aromatic N) is 3. The summed E-state index contributed by atoms with van der Waals surface area (Å²) in [4.78, 5) is 9.27. The molecule has 0 aliphatic carbocycles. The van der Waals surface area contributed by atoms with Crippen LogP contribution in [-0.2, 0) is 26.3 Å². The second kappa shape index (κ2) is 18.2. The van der Waals surface area contributed by atoms with Crippen LogP contribution in [0.2, 0.25) is 0 Å². The van der Waals surface area contributed by atoms with Crippen molar-refractivity contribution in [1.82, 2.24) is 14.5 Å². The van der Waals surface area contributed by atoms with Crippen molar-refractivity contribution in [2.24, 2.45) is 0 Å². The van der Waals surface area contributed by atoms with Crippen LogP contribution in [-0.4, -0.2) is 14.5 Å². The van der Waals surface area contributed by atoms with Gasteiger partial charge >= 0.3 is 6.18 Å². The van der Waals surface area contributed by atoms with Crippen molar-refractivity contribution in [3.8, 4) is 50.6 Å². The van der Waals surface area contributed by atoms with Crippen LogP contribution >= 0.6 is 0 Å². The molecule has 0 amide bonds. The monoisotopic (exact) mass is 1030 g/mol. The number of hydrogen-bond acceptors (Lipinski definition) is 3. The number of alkyl halides is 3. The summed E-state index contributed by atoms with van der Waals surface area (Å²) in [6.07, 6.45) is -2.74. The topological polar surface area (TPSA) is 43.9 Å². The van der Waals surface area contributed by atoms with Crippen molar-refractivity contribution >= 4 is 33.0 Å². The molecule has 3 heterocycles. The van der Waals surface area contributed by atoms with Crippen LogP contribution in [0.25, 0.3) is 83.6 Å². The van der Waals surface area contributed by atoms with Crippen LogP contribution in [0, 0.1) is 19.0 Å². The van der Waals surface area contributed by atoms with Crippen molar-refractivity contribution in [2.45, 2.75) is 52.6 Å². The molecule has 10 rings (SSSR count). The molecule has 0 unspecified atom stereocenters. The summed E-state index contributed by atoms with van der Waals surface area (Å²) in [6.45, 7) is 6.77. The Morgan fingerprint density at radius 2 is 1.34 bits per heavy atom. The van der Waals surface area contributed by atoms with Gasteiger partial charge in [0.25, 0.3) is 0 Å². The Morgan fingerprint density at radius 3 is 1.98 bits per heavy atom. The van der Waals surface area contributed by atoms with Gasteiger partial charge in [-0.05, 0) is 105 Å². The number of halogens is 3. The molecule has 7 aromatic carbocycles. The Kier molecular flexibility index (Phi) is 11.5. The molecule has 0 bridgehead atoms. The molecule has 64 heavy (non-hydrogen) atoms. The van der Waals surface area contributed by atoms with Crippen molar-refractivity contribution in [1.29, 1.82) is 0 Å². The van der Waals surface area contributed by atoms with E-state index in [0.29, 0.717) is 22.4 Å². The molecule has 0 aliphatic rings. The van der Waals surface area contributed by atoms with Crippen LogP contribution in [0.1, 0.15) is 65.9 Å². The second-order valence-corrected chi connectivity index (χ2v) is 16.1. The standard InChI is InChI=1S/C44H37N2O.C12H7F3N.Ir/c1-27(2)37-25-33(32-21-19-31(20-22-32)30-12-7-6-8-13-30)26-38(28(3)4)42(37)46-40-17-10-9-16-39(40)45-44(46)36-15-11-14-35-34-23-18-29(5)24-41(34)47-43(35)36;13-12(14,15)10-6-4-9(5-7-10)11-3-1-2-8-16-11;/h6-14,16-28H,1-5H3;1-4,6-8H;/q2*-1;/i5D3;;. The molecule has 0 atom stereocenters. The van der Waals surface area contributed by atoms with Crippen molar-refractivity contribution in [2.75, 3.05) is 0 Å². The Labute approximate surface area is 389 Å². The van der Waals surface area contributed by atoms with Gasteiger partial charge in [0, 0.05) is 41.5 Å². The first-order chi connectivity index (χ1) is 31.7. The molecule has 0 aliphatic heterocycles. The number of furan rings is 1. The molecule has 321 valence electrons. The number of imidazole rings is 1. The van der Waals surface area contributed by atoms with Crippen LogP contribution in [0.5, 0.6) is 0 Å². The van der Waals surface area contributed by atoms with Gasteiger partial charge in [0.15, 0.2) is 0 Å². The minimum atomic E-state index is -4.32. The SMILES string of the molecule is FC(F)(F)c1c[c-]c(-c2ccccn2)cc1.[2H]C([2H])([2H])c1ccc2c(c1)oc1c(-c3nc4ccccc4n3-c3c(C(C)C)cc(-c4ccc(-c5ccccc5)cc4)cc3C(C)C)[c-]ccc12.[Ir]. The summed E-state index contributed by atoms with van der Waals surface area (Å²) in [5, 5.41) is 1.76. The van der Waals surface area contributed by atoms with E-state index in [1.165, 1.54) is 39.4 Å². The fraction of sp³-hybridized carbons (Fsp3) is 0.143. The molecule has 10 aromatic rings. The Morgan fingerprint density at radius 1 is 0.672 bits per heavy atom. The van der Waals surface area contributed by atoms with Gasteiger partial charge in [0.05, 0.1) is 22.4 Å². The predicted octanol–water partition coefficient (Wildman–Crippen LogP) is 15.8. The van der Waals surface area contributed by atoms with Gasteiger partial charge in [-0.2, -0.15) is 13.2 Å². The normalized spacial score (nSPS) is 12.5. The summed E-state index contributed by atoms with van der Waals surface area (Å²) < 4.78 is 69.5. The van der Waals surface area contributed by atoms with Crippen molar-refractivity contribution in [3.63, 3.8) is 0 Å². The molecule has 0 saturated carbocycles. The van der Waals surface area contributed by atoms with E-state index in [9.17, 15) is 13.2 Å². The zero-order valence-electron chi connectivity index (χ0n) is 38.5. The Balaban J connectivity index is 0.000000303. The molecular formula is C56H44F3IrN3O-2. The van der Waals surface area contributed by atoms with Crippen molar-refractivity contribution < 1.29 is 41.8 Å². The van der Waals surface area contributed by atoms with E-state index >= 15 is 0 Å². The largest absolute Gasteiger partial charge is 0.501 e. The molecule has 0 spiro atoms. The third-order valence-electron chi connectivity index (χ3n) is 11.3. The van der Waals surface area contributed by atoms with Crippen LogP contribution in [0.4, 0.5) is 13.2 Å². The van der Waals surface area contributed by atoms with Gasteiger partial charge in [-0.25, -0.2) is 0 Å². The first kappa shape index (κ1) is 40.2. The van der Waals surface area contributed by atoms with E-state index in [2.05, 4.69) is 122 Å². The maximum atomic E-state index is 12.3. The van der Waals surface area contributed by atoms with Crippen LogP contribution in [0.15, 0.2) is 168 Å². The molecule has 0 fully saturated rings. The molecule has 4 nitrogen and oxygen atoms in total. The number of aryl methyl sites for hydroxylation is 1. The minimum absolute atomic E-state index is 0. The molecule has 8 heteroatoms. The van der Waals surface area contributed by atoms with E-state index in [0.717, 1.165) is 51.0 Å². The molecule has 0 saturated heterocycles. The Bertz CT molecular complexity index is 3300. The zero-order chi connectivity index (χ0) is 46.3. The number of benzene rings is 7. The fourth-order valence-electron chi connectivity index (χ4n) is 8.08. The maximum Gasteiger partial charge on any atom is 0.381 e. The average Bonchev–Trinajstić information content (AvgIpc) is 3.90. The van der Waals surface area contributed by atoms with Gasteiger partial charge in [0.1, 0.15) is 5.58 Å². The van der Waals surface area contributed by atoms with Gasteiger partial charge in [-0.3, -0.25) is 4.98 Å². The van der Waals surface area contributed by atoms with Crippen molar-refractivity contribution in [3.05, 3.63) is 198 Å². The first-order valence-corrected chi connectivity index (χ1v) is 20.9. The minimum Gasteiger partial charge on any atom is -0.501 e. The van der Waals surface area contributed by atoms with E-state index in [1.807, 2.05) is 36.4 Å². The van der Waals surface area contributed by atoms with E-state index in [4.69, 9.17) is 13.5 Å². The predicted molar refractivity (Wildman–Crippen MR) is 250 cm³/mol. The van der Waals surface area contributed by atoms with Crippen LogP contribution < -0.4 is 0 Å². The second-order valence-electron chi connectivity index (χ2n) is 16.1. The smallest absolute Gasteiger partial charge is 0.381 e. The van der Waals surface area contributed by atoms with Gasteiger partial charge in [-0.15, -0.1) is 48.0 Å². The molecular weight excluding hydrogens is 980 g/mol.